The minimum atomic E-state index is -0.167. The van der Waals surface area contributed by atoms with Gasteiger partial charge in [-0.05, 0) is 40.0 Å². The third kappa shape index (κ3) is 18.8. The van der Waals surface area contributed by atoms with Gasteiger partial charge in [0.05, 0.1) is 25.0 Å². The minimum absolute atomic E-state index is 0.167. The van der Waals surface area contributed by atoms with Crippen molar-refractivity contribution >= 4 is 11.4 Å². The van der Waals surface area contributed by atoms with Gasteiger partial charge in [0.25, 0.3) is 0 Å². The molecule has 2 unspecified atom stereocenters. The number of nitrogens with zero attached hydrogens (tertiary/aromatic N) is 1. The summed E-state index contributed by atoms with van der Waals surface area (Å²) in [6, 6.07) is 0. The molecule has 0 bridgehead atoms. The lowest BCUT2D eigenvalue weighted by molar-refractivity contribution is -0.933. The smallest absolute Gasteiger partial charge is 0.162 e. The maximum absolute atomic E-state index is 8.59. The van der Waals surface area contributed by atoms with Crippen molar-refractivity contribution in [3.63, 3.8) is 0 Å². The summed E-state index contributed by atoms with van der Waals surface area (Å²) < 4.78 is 0.897. The molecule has 1 aliphatic rings. The van der Waals surface area contributed by atoms with Gasteiger partial charge in [-0.3, -0.25) is 5.41 Å². The Morgan fingerprint density at radius 1 is 0.972 bits per heavy atom. The average Bonchev–Trinajstić information content (AvgIpc) is 2.82. The predicted octanol–water partition coefficient (Wildman–Crippen LogP) is 8.39. The summed E-state index contributed by atoms with van der Waals surface area (Å²) in [7, 11) is 2.31. The number of hydrogen-bond acceptors (Lipinski definition) is 4. The molecule has 5 nitrogen and oxygen atoms in total. The van der Waals surface area contributed by atoms with E-state index in [-0.39, 0.29) is 6.10 Å². The molecular weight excluding hydrogens is 444 g/mol. The van der Waals surface area contributed by atoms with Gasteiger partial charge < -0.3 is 20.3 Å². The molecule has 1 heterocycles. The van der Waals surface area contributed by atoms with E-state index in [1.54, 1.807) is 13.8 Å². The SMILES string of the molecule is C=C(C)NC(CCCCC)[N+]1(C)CCC=C(C(=N)C(=N)CCCCCCC)C1.CC(C)O.CCCC. The zero-order chi connectivity index (χ0) is 28.0. The zero-order valence-electron chi connectivity index (χ0n) is 25.4. The second kappa shape index (κ2) is 22.7. The summed E-state index contributed by atoms with van der Waals surface area (Å²) in [5.41, 5.74) is 3.08. The van der Waals surface area contributed by atoms with Crippen LogP contribution in [-0.2, 0) is 0 Å². The topological polar surface area (TPSA) is 80.0 Å². The van der Waals surface area contributed by atoms with E-state index in [1.165, 1.54) is 57.8 Å². The number of nitrogens with one attached hydrogen (secondary N) is 3. The molecule has 0 saturated carbocycles. The largest absolute Gasteiger partial charge is 0.394 e. The molecule has 0 aromatic carbocycles. The second-order valence-electron chi connectivity index (χ2n) is 10.9. The van der Waals surface area contributed by atoms with Crippen LogP contribution < -0.4 is 5.32 Å². The van der Waals surface area contributed by atoms with Crippen molar-refractivity contribution in [3.8, 4) is 0 Å². The Labute approximate surface area is 225 Å². The molecular formula is C31H63N4O+. The number of quaternary nitrogens is 1. The molecule has 0 radical (unpaired) electrons. The van der Waals surface area contributed by atoms with Crippen LogP contribution in [0.1, 0.15) is 132 Å². The summed E-state index contributed by atoms with van der Waals surface area (Å²) >= 11 is 0. The monoisotopic (exact) mass is 507 g/mol. The molecule has 5 heteroatoms. The van der Waals surface area contributed by atoms with Crippen LogP contribution in [0.4, 0.5) is 0 Å². The van der Waals surface area contributed by atoms with Crippen LogP contribution in [-0.4, -0.2) is 53.4 Å². The molecule has 0 aromatic rings. The number of aliphatic hydroxyl groups is 1. The molecule has 2 atom stereocenters. The number of aliphatic hydroxyl groups excluding tert-OH is 1. The number of allylic oxidation sites excluding steroid dienone is 1. The normalized spacial score (nSPS) is 17.7. The van der Waals surface area contributed by atoms with Gasteiger partial charge in [-0.1, -0.05) is 91.7 Å². The molecule has 0 saturated heterocycles. The Morgan fingerprint density at radius 2 is 1.50 bits per heavy atom. The summed E-state index contributed by atoms with van der Waals surface area (Å²) in [5, 5.41) is 28.7. The number of rotatable bonds is 16. The molecule has 0 fully saturated rings. The van der Waals surface area contributed by atoms with Crippen LogP contribution >= 0.6 is 0 Å². The molecule has 4 N–H and O–H groups in total. The van der Waals surface area contributed by atoms with E-state index in [0.717, 1.165) is 54.5 Å². The van der Waals surface area contributed by atoms with Gasteiger partial charge >= 0.3 is 0 Å². The summed E-state index contributed by atoms with van der Waals surface area (Å²) in [5.74, 6) is 0. The van der Waals surface area contributed by atoms with Crippen LogP contribution in [0.25, 0.3) is 0 Å². The standard InChI is InChI=1S/C24H45N4.C4H10.C3H8O/c1-6-8-10-11-13-16-22(25)24(26)21-15-14-18-28(5,19-21)23(27-20(3)4)17-12-9-7-2;1-3-4-2;1-3(2)4/h15,23,25-27H,3,6-14,16-19H2,1-2,4-5H3;3-4H2,1-2H3;3-4H,1-2H3/q+1;;. The lowest BCUT2D eigenvalue weighted by atomic mass is 9.95. The van der Waals surface area contributed by atoms with Gasteiger partial charge in [0.1, 0.15) is 6.54 Å². The lowest BCUT2D eigenvalue weighted by Gasteiger charge is -2.44. The highest BCUT2D eigenvalue weighted by Gasteiger charge is 2.36. The number of unbranched alkanes of at least 4 members (excludes halogenated alkanes) is 7. The molecule has 0 amide bonds. The van der Waals surface area contributed by atoms with Gasteiger partial charge in [0.2, 0.25) is 0 Å². The fourth-order valence-corrected chi connectivity index (χ4v) is 4.15. The summed E-state index contributed by atoms with van der Waals surface area (Å²) in [6.45, 7) is 20.3. The average molecular weight is 508 g/mol. The molecule has 0 spiro atoms. The van der Waals surface area contributed by atoms with E-state index < -0.39 is 0 Å². The summed E-state index contributed by atoms with van der Waals surface area (Å²) in [6.07, 6.45) is 17.6. The summed E-state index contributed by atoms with van der Waals surface area (Å²) in [4.78, 5) is 0. The third-order valence-electron chi connectivity index (χ3n) is 6.46. The fraction of sp³-hybridized carbons (Fsp3) is 0.806. The molecule has 0 aliphatic carbocycles. The first-order valence-electron chi connectivity index (χ1n) is 14.8. The maximum Gasteiger partial charge on any atom is 0.162 e. The quantitative estimate of drug-likeness (QED) is 0.0961. The van der Waals surface area contributed by atoms with Gasteiger partial charge in [-0.2, -0.15) is 0 Å². The van der Waals surface area contributed by atoms with E-state index >= 15 is 0 Å². The van der Waals surface area contributed by atoms with Crippen molar-refractivity contribution in [2.24, 2.45) is 0 Å². The van der Waals surface area contributed by atoms with Crippen molar-refractivity contribution in [2.45, 2.75) is 144 Å². The van der Waals surface area contributed by atoms with Crippen LogP contribution in [0.15, 0.2) is 23.9 Å². The first-order valence-corrected chi connectivity index (χ1v) is 14.8. The Balaban J connectivity index is 0. The Hall–Kier alpha value is -1.46. The van der Waals surface area contributed by atoms with E-state index in [1.807, 2.05) is 6.92 Å². The van der Waals surface area contributed by atoms with Crippen LogP contribution in [0.2, 0.25) is 0 Å². The van der Waals surface area contributed by atoms with Crippen LogP contribution in [0.3, 0.4) is 0 Å². The Bertz CT molecular complexity index is 621. The highest BCUT2D eigenvalue weighted by molar-refractivity contribution is 6.46. The van der Waals surface area contributed by atoms with Crippen molar-refractivity contribution in [3.05, 3.63) is 23.9 Å². The molecule has 0 aromatic heterocycles. The lowest BCUT2D eigenvalue weighted by Crippen LogP contribution is -2.61. The highest BCUT2D eigenvalue weighted by atomic mass is 16.3. The number of hydrogen-bond donors (Lipinski definition) is 4. The second-order valence-corrected chi connectivity index (χ2v) is 10.9. The zero-order valence-corrected chi connectivity index (χ0v) is 25.4. The van der Waals surface area contributed by atoms with Crippen LogP contribution in [0.5, 0.6) is 0 Å². The Morgan fingerprint density at radius 3 is 2.00 bits per heavy atom. The van der Waals surface area contributed by atoms with Crippen molar-refractivity contribution in [1.29, 1.82) is 10.8 Å². The fourth-order valence-electron chi connectivity index (χ4n) is 4.15. The van der Waals surface area contributed by atoms with E-state index in [2.05, 4.69) is 52.7 Å². The first kappa shape index (κ1) is 36.7. The molecule has 36 heavy (non-hydrogen) atoms. The Kier molecular flexibility index (Phi) is 23.2. The van der Waals surface area contributed by atoms with Crippen molar-refractivity contribution < 1.29 is 9.59 Å². The van der Waals surface area contributed by atoms with E-state index in [9.17, 15) is 0 Å². The van der Waals surface area contributed by atoms with Gasteiger partial charge in [-0.15, -0.1) is 0 Å². The van der Waals surface area contributed by atoms with Gasteiger partial charge in [-0.25, -0.2) is 0 Å². The minimum Gasteiger partial charge on any atom is -0.394 e. The first-order chi connectivity index (χ1) is 17.0. The van der Waals surface area contributed by atoms with Gasteiger partial charge in [0.15, 0.2) is 6.17 Å². The third-order valence-corrected chi connectivity index (χ3v) is 6.46. The van der Waals surface area contributed by atoms with E-state index in [0.29, 0.717) is 17.6 Å². The number of likely N-dealkylation sites (N-methyl/N-ethyl adjacent to an activating group) is 1. The predicted molar refractivity (Wildman–Crippen MR) is 161 cm³/mol. The highest BCUT2D eigenvalue weighted by Crippen LogP contribution is 2.24. The van der Waals surface area contributed by atoms with E-state index in [4.69, 9.17) is 15.9 Å². The van der Waals surface area contributed by atoms with Gasteiger partial charge in [0, 0.05) is 30.2 Å². The molecule has 212 valence electrons. The van der Waals surface area contributed by atoms with Crippen molar-refractivity contribution in [2.75, 3.05) is 20.1 Å². The molecule has 1 rings (SSSR count). The van der Waals surface area contributed by atoms with Crippen LogP contribution in [0, 0.1) is 10.8 Å². The maximum atomic E-state index is 8.59. The van der Waals surface area contributed by atoms with Crippen molar-refractivity contribution in [1.82, 2.24) is 5.32 Å². The molecule has 1 aliphatic heterocycles.